The molecule has 2 N–H and O–H groups in total. The van der Waals surface area contributed by atoms with E-state index in [4.69, 9.17) is 0 Å². The Hall–Kier alpha value is -4.20. The van der Waals surface area contributed by atoms with E-state index in [2.05, 4.69) is 25.5 Å². The Kier molecular flexibility index (Phi) is 6.82. The Morgan fingerprint density at radius 1 is 0.943 bits per heavy atom. The molecule has 3 aromatic rings. The number of hydrogen-bond donors (Lipinski definition) is 2. The molecule has 0 radical (unpaired) electrons. The van der Waals surface area contributed by atoms with Gasteiger partial charge in [-0.25, -0.2) is 4.98 Å². The summed E-state index contributed by atoms with van der Waals surface area (Å²) in [4.78, 5) is 39.2. The number of anilines is 3. The molecule has 1 aliphatic rings. The van der Waals surface area contributed by atoms with Gasteiger partial charge in [-0.05, 0) is 55.3 Å². The number of pyridine rings is 1. The highest BCUT2D eigenvalue weighted by molar-refractivity contribution is 6.15. The van der Waals surface area contributed by atoms with Crippen LogP contribution >= 0.6 is 0 Å². The lowest BCUT2D eigenvalue weighted by Crippen LogP contribution is -2.24. The number of amides is 2. The molecule has 0 fully saturated rings. The van der Waals surface area contributed by atoms with Crippen LogP contribution in [0.2, 0.25) is 0 Å². The van der Waals surface area contributed by atoms with Gasteiger partial charge in [0.15, 0.2) is 0 Å². The van der Waals surface area contributed by atoms with Crippen molar-refractivity contribution in [2.24, 2.45) is 4.99 Å². The number of aryl methyl sites for hydroxylation is 2. The molecule has 8 nitrogen and oxygen atoms in total. The SMILES string of the molecule is Cc1ccc(NC(=O)c2cc(C)cc(N(C)C)c2NC(=O)c2ccc(C3=NCCN3C)cc2)nc1. The summed E-state index contributed by atoms with van der Waals surface area (Å²) in [6, 6.07) is 14.7. The largest absolute Gasteiger partial charge is 0.376 e. The maximum Gasteiger partial charge on any atom is 0.259 e. The smallest absolute Gasteiger partial charge is 0.259 e. The third-order valence-electron chi connectivity index (χ3n) is 5.84. The van der Waals surface area contributed by atoms with Crippen LogP contribution in [-0.4, -0.2) is 61.8 Å². The standard InChI is InChI=1S/C27H30N6O2/c1-17-6-11-23(29-16-17)30-27(35)21-14-18(2)15-22(32(3)4)24(21)31-26(34)20-9-7-19(8-10-20)25-28-12-13-33(25)5/h6-11,14-16H,12-13H2,1-5H3,(H,31,34)(H,29,30,35). The number of amidine groups is 1. The van der Waals surface area contributed by atoms with E-state index in [1.807, 2.05) is 64.2 Å². The number of aliphatic imine (C=N–C) groups is 1. The maximum atomic E-state index is 13.2. The second kappa shape index (κ2) is 9.97. The van der Waals surface area contributed by atoms with Gasteiger partial charge in [-0.1, -0.05) is 18.2 Å². The topological polar surface area (TPSA) is 89.9 Å². The monoisotopic (exact) mass is 470 g/mol. The number of carbonyl (C=O) groups excluding carboxylic acids is 2. The van der Waals surface area contributed by atoms with Crippen molar-refractivity contribution >= 4 is 34.8 Å². The number of likely N-dealkylation sites (N-methyl/N-ethyl adjacent to an activating group) is 1. The first-order valence-electron chi connectivity index (χ1n) is 11.5. The molecule has 0 unspecified atom stereocenters. The highest BCUT2D eigenvalue weighted by Gasteiger charge is 2.21. The van der Waals surface area contributed by atoms with Crippen molar-refractivity contribution in [3.63, 3.8) is 0 Å². The highest BCUT2D eigenvalue weighted by Crippen LogP contribution is 2.31. The van der Waals surface area contributed by atoms with E-state index in [0.717, 1.165) is 41.3 Å². The van der Waals surface area contributed by atoms with Crippen LogP contribution in [-0.2, 0) is 0 Å². The van der Waals surface area contributed by atoms with E-state index in [9.17, 15) is 9.59 Å². The van der Waals surface area contributed by atoms with Gasteiger partial charge < -0.3 is 20.4 Å². The second-order valence-corrected chi connectivity index (χ2v) is 8.93. The molecule has 2 aromatic carbocycles. The zero-order chi connectivity index (χ0) is 25.1. The average molecular weight is 471 g/mol. The molecule has 4 rings (SSSR count). The quantitative estimate of drug-likeness (QED) is 0.569. The van der Waals surface area contributed by atoms with Crippen LogP contribution < -0.4 is 15.5 Å². The molecular formula is C27H30N6O2. The molecule has 35 heavy (non-hydrogen) atoms. The summed E-state index contributed by atoms with van der Waals surface area (Å²) < 4.78 is 0. The maximum absolute atomic E-state index is 13.2. The lowest BCUT2D eigenvalue weighted by Gasteiger charge is -2.22. The van der Waals surface area contributed by atoms with Crippen LogP contribution in [0, 0.1) is 13.8 Å². The number of hydrogen-bond acceptors (Lipinski definition) is 6. The summed E-state index contributed by atoms with van der Waals surface area (Å²) >= 11 is 0. The number of nitrogens with one attached hydrogen (secondary N) is 2. The molecule has 0 spiro atoms. The summed E-state index contributed by atoms with van der Waals surface area (Å²) in [6.07, 6.45) is 1.69. The van der Waals surface area contributed by atoms with Gasteiger partial charge in [-0.15, -0.1) is 0 Å². The van der Waals surface area contributed by atoms with E-state index < -0.39 is 0 Å². The first kappa shape index (κ1) is 23.9. The van der Waals surface area contributed by atoms with Gasteiger partial charge >= 0.3 is 0 Å². The van der Waals surface area contributed by atoms with Crippen molar-refractivity contribution < 1.29 is 9.59 Å². The molecule has 0 saturated heterocycles. The molecular weight excluding hydrogens is 440 g/mol. The van der Waals surface area contributed by atoms with Gasteiger partial charge in [0.25, 0.3) is 11.8 Å². The second-order valence-electron chi connectivity index (χ2n) is 8.93. The van der Waals surface area contributed by atoms with Gasteiger partial charge in [-0.3, -0.25) is 14.6 Å². The summed E-state index contributed by atoms with van der Waals surface area (Å²) in [5, 5.41) is 5.81. The Morgan fingerprint density at radius 2 is 1.69 bits per heavy atom. The number of benzene rings is 2. The number of rotatable bonds is 6. The third kappa shape index (κ3) is 5.32. The molecule has 1 aromatic heterocycles. The molecule has 0 atom stereocenters. The average Bonchev–Trinajstić information content (AvgIpc) is 3.27. The highest BCUT2D eigenvalue weighted by atomic mass is 16.2. The van der Waals surface area contributed by atoms with Crippen LogP contribution in [0.4, 0.5) is 17.2 Å². The van der Waals surface area contributed by atoms with Crippen molar-refractivity contribution in [2.75, 3.05) is 49.8 Å². The van der Waals surface area contributed by atoms with Crippen molar-refractivity contribution in [3.8, 4) is 0 Å². The van der Waals surface area contributed by atoms with E-state index in [0.29, 0.717) is 22.6 Å². The summed E-state index contributed by atoms with van der Waals surface area (Å²) in [5.74, 6) is 0.726. The number of carbonyl (C=O) groups is 2. The van der Waals surface area contributed by atoms with E-state index >= 15 is 0 Å². The zero-order valence-corrected chi connectivity index (χ0v) is 20.7. The lowest BCUT2D eigenvalue weighted by atomic mass is 10.0. The zero-order valence-electron chi connectivity index (χ0n) is 20.7. The first-order valence-corrected chi connectivity index (χ1v) is 11.5. The van der Waals surface area contributed by atoms with E-state index in [1.54, 1.807) is 30.5 Å². The number of aromatic nitrogens is 1. The van der Waals surface area contributed by atoms with Crippen LogP contribution in [0.5, 0.6) is 0 Å². The predicted molar refractivity (Wildman–Crippen MR) is 141 cm³/mol. The summed E-state index contributed by atoms with van der Waals surface area (Å²) in [5.41, 5.74) is 4.91. The molecule has 0 saturated carbocycles. The molecule has 0 bridgehead atoms. The van der Waals surface area contributed by atoms with Gasteiger partial charge in [-0.2, -0.15) is 0 Å². The minimum Gasteiger partial charge on any atom is -0.376 e. The van der Waals surface area contributed by atoms with Gasteiger partial charge in [0.2, 0.25) is 0 Å². The molecule has 2 amide bonds. The molecule has 2 heterocycles. The molecule has 8 heteroatoms. The fourth-order valence-electron chi connectivity index (χ4n) is 3.96. The Bertz CT molecular complexity index is 1280. The molecule has 0 aliphatic carbocycles. The van der Waals surface area contributed by atoms with Crippen molar-refractivity contribution in [3.05, 3.63) is 82.5 Å². The fraction of sp³-hybridized carbons (Fsp3) is 0.259. The van der Waals surface area contributed by atoms with E-state index in [1.165, 1.54) is 0 Å². The third-order valence-corrected chi connectivity index (χ3v) is 5.84. The van der Waals surface area contributed by atoms with Gasteiger partial charge in [0.05, 0.1) is 23.5 Å². The summed E-state index contributed by atoms with van der Waals surface area (Å²) in [6.45, 7) is 5.52. The predicted octanol–water partition coefficient (Wildman–Crippen LogP) is 3.96. The normalized spacial score (nSPS) is 12.8. The fourth-order valence-corrected chi connectivity index (χ4v) is 3.96. The van der Waals surface area contributed by atoms with Crippen molar-refractivity contribution in [1.82, 2.24) is 9.88 Å². The van der Waals surface area contributed by atoms with Gasteiger partial charge in [0, 0.05) is 45.0 Å². The Morgan fingerprint density at radius 3 is 2.29 bits per heavy atom. The molecule has 1 aliphatic heterocycles. The van der Waals surface area contributed by atoms with E-state index in [-0.39, 0.29) is 11.8 Å². The minimum absolute atomic E-state index is 0.298. The van der Waals surface area contributed by atoms with Crippen LogP contribution in [0.15, 0.2) is 59.7 Å². The van der Waals surface area contributed by atoms with Crippen molar-refractivity contribution in [1.29, 1.82) is 0 Å². The van der Waals surface area contributed by atoms with Crippen LogP contribution in [0.25, 0.3) is 0 Å². The van der Waals surface area contributed by atoms with Crippen LogP contribution in [0.1, 0.15) is 37.4 Å². The van der Waals surface area contributed by atoms with Crippen LogP contribution in [0.3, 0.4) is 0 Å². The number of nitrogens with zero attached hydrogens (tertiary/aromatic N) is 4. The Balaban J connectivity index is 1.63. The lowest BCUT2D eigenvalue weighted by molar-refractivity contribution is 0.102. The molecule has 180 valence electrons. The Labute approximate surface area is 205 Å². The first-order chi connectivity index (χ1) is 16.7. The van der Waals surface area contributed by atoms with Gasteiger partial charge in [0.1, 0.15) is 11.7 Å². The minimum atomic E-state index is -0.346. The summed E-state index contributed by atoms with van der Waals surface area (Å²) in [7, 11) is 5.76. The van der Waals surface area contributed by atoms with Crippen molar-refractivity contribution in [2.45, 2.75) is 13.8 Å².